The maximum Gasteiger partial charge on any atom is 0.335 e. The highest BCUT2D eigenvalue weighted by Crippen LogP contribution is 2.11. The molecule has 0 saturated heterocycles. The molecule has 0 radical (unpaired) electrons. The Morgan fingerprint density at radius 1 is 1.26 bits per heavy atom. The van der Waals surface area contributed by atoms with E-state index < -0.39 is 23.0 Å². The molecule has 0 spiro atoms. The largest absolute Gasteiger partial charge is 0.497 e. The van der Waals surface area contributed by atoms with Crippen molar-refractivity contribution in [1.82, 2.24) is 9.55 Å². The fraction of sp³-hybridized carbons (Fsp3) is 0.0833. The van der Waals surface area contributed by atoms with Crippen LogP contribution in [-0.2, 0) is 0 Å². The SMILES string of the molecule is COc1ccc(C(=O)n2c(=O)[nH]cc(F)c2=O)cc1. The molecule has 98 valence electrons. The van der Waals surface area contributed by atoms with E-state index in [2.05, 4.69) is 0 Å². The second-order valence-electron chi connectivity index (χ2n) is 3.62. The van der Waals surface area contributed by atoms with Gasteiger partial charge in [0, 0.05) is 11.8 Å². The molecule has 0 aliphatic rings. The minimum atomic E-state index is -1.29. The molecule has 6 nitrogen and oxygen atoms in total. The molecule has 2 aromatic rings. The number of hydrogen-bond donors (Lipinski definition) is 1. The van der Waals surface area contributed by atoms with Gasteiger partial charge in [0.1, 0.15) is 5.75 Å². The Labute approximate surface area is 106 Å². The van der Waals surface area contributed by atoms with Gasteiger partial charge in [-0.25, -0.2) is 4.79 Å². The summed E-state index contributed by atoms with van der Waals surface area (Å²) < 4.78 is 18.2. The second kappa shape index (κ2) is 4.89. The van der Waals surface area contributed by atoms with Crippen LogP contribution in [0.3, 0.4) is 0 Å². The fourth-order valence-corrected chi connectivity index (χ4v) is 1.50. The topological polar surface area (TPSA) is 81.2 Å². The van der Waals surface area contributed by atoms with Gasteiger partial charge in [0.25, 0.3) is 11.5 Å². The summed E-state index contributed by atoms with van der Waals surface area (Å²) in [5.41, 5.74) is -2.21. The number of aromatic nitrogens is 2. The molecule has 1 N–H and O–H groups in total. The van der Waals surface area contributed by atoms with Crippen molar-refractivity contribution < 1.29 is 13.9 Å². The number of H-pyrrole nitrogens is 1. The minimum absolute atomic E-state index is 0.0685. The third-order valence-electron chi connectivity index (χ3n) is 2.47. The zero-order valence-corrected chi connectivity index (χ0v) is 9.84. The first-order valence-electron chi connectivity index (χ1n) is 5.23. The Bertz CT molecular complexity index is 731. The van der Waals surface area contributed by atoms with Gasteiger partial charge < -0.3 is 9.72 Å². The highest BCUT2D eigenvalue weighted by atomic mass is 19.1. The molecule has 0 fully saturated rings. The maximum atomic E-state index is 13.1. The van der Waals surface area contributed by atoms with E-state index in [0.717, 1.165) is 0 Å². The van der Waals surface area contributed by atoms with E-state index >= 15 is 0 Å². The van der Waals surface area contributed by atoms with Crippen LogP contribution in [-0.4, -0.2) is 22.6 Å². The van der Waals surface area contributed by atoms with Gasteiger partial charge in [0.05, 0.1) is 7.11 Å². The Morgan fingerprint density at radius 2 is 1.89 bits per heavy atom. The standard InChI is InChI=1S/C12H9FN2O4/c1-19-8-4-2-7(3-5-8)10(16)15-11(17)9(13)6-14-12(15)18/h2-6H,1H3,(H,14,18). The maximum absolute atomic E-state index is 13.1. The van der Waals surface area contributed by atoms with Crippen molar-refractivity contribution in [3.05, 3.63) is 62.7 Å². The van der Waals surface area contributed by atoms with Crippen molar-refractivity contribution in [2.24, 2.45) is 0 Å². The van der Waals surface area contributed by atoms with Crippen LogP contribution in [0.5, 0.6) is 5.75 Å². The van der Waals surface area contributed by atoms with Gasteiger partial charge in [-0.15, -0.1) is 0 Å². The average molecular weight is 264 g/mol. The number of benzene rings is 1. The van der Waals surface area contributed by atoms with Gasteiger partial charge in [0.15, 0.2) is 0 Å². The third kappa shape index (κ3) is 2.30. The molecule has 1 heterocycles. The molecular formula is C12H9FN2O4. The first-order chi connectivity index (χ1) is 9.04. The normalized spacial score (nSPS) is 10.2. The average Bonchev–Trinajstić information content (AvgIpc) is 2.43. The molecule has 7 heteroatoms. The fourth-order valence-electron chi connectivity index (χ4n) is 1.50. The van der Waals surface area contributed by atoms with Crippen LogP contribution >= 0.6 is 0 Å². The van der Waals surface area contributed by atoms with Crippen LogP contribution in [0.4, 0.5) is 4.39 Å². The number of nitrogens with zero attached hydrogens (tertiary/aromatic N) is 1. The Hall–Kier alpha value is -2.70. The van der Waals surface area contributed by atoms with Crippen LogP contribution in [0.15, 0.2) is 40.1 Å². The summed E-state index contributed by atoms with van der Waals surface area (Å²) in [6, 6.07) is 5.73. The van der Waals surface area contributed by atoms with E-state index in [-0.39, 0.29) is 10.1 Å². The summed E-state index contributed by atoms with van der Waals surface area (Å²) in [7, 11) is 1.46. The van der Waals surface area contributed by atoms with Gasteiger partial charge >= 0.3 is 5.69 Å². The van der Waals surface area contributed by atoms with Crippen molar-refractivity contribution in [2.45, 2.75) is 0 Å². The number of carbonyl (C=O) groups excluding carboxylic acids is 1. The molecule has 19 heavy (non-hydrogen) atoms. The summed E-state index contributed by atoms with van der Waals surface area (Å²) in [5, 5.41) is 0. The Balaban J connectivity index is 2.53. The molecule has 0 bridgehead atoms. The number of methoxy groups -OCH3 is 1. The third-order valence-corrected chi connectivity index (χ3v) is 2.47. The predicted molar refractivity (Wildman–Crippen MR) is 64.0 cm³/mol. The van der Waals surface area contributed by atoms with E-state index in [0.29, 0.717) is 11.9 Å². The van der Waals surface area contributed by atoms with Gasteiger partial charge in [0.2, 0.25) is 5.82 Å². The highest BCUT2D eigenvalue weighted by molar-refractivity contribution is 5.95. The first-order valence-corrected chi connectivity index (χ1v) is 5.23. The molecule has 2 rings (SSSR count). The van der Waals surface area contributed by atoms with Crippen molar-refractivity contribution >= 4 is 5.91 Å². The van der Waals surface area contributed by atoms with Crippen LogP contribution in [0, 0.1) is 5.82 Å². The van der Waals surface area contributed by atoms with Crippen molar-refractivity contribution in [3.8, 4) is 5.75 Å². The van der Waals surface area contributed by atoms with Gasteiger partial charge in [-0.1, -0.05) is 0 Å². The number of halogens is 1. The first kappa shape index (κ1) is 12.7. The van der Waals surface area contributed by atoms with E-state index in [4.69, 9.17) is 4.74 Å². The van der Waals surface area contributed by atoms with Crippen molar-refractivity contribution in [1.29, 1.82) is 0 Å². The van der Waals surface area contributed by atoms with Crippen LogP contribution in [0.1, 0.15) is 10.4 Å². The number of aromatic amines is 1. The molecule has 0 amide bonds. The number of ether oxygens (including phenoxy) is 1. The van der Waals surface area contributed by atoms with Crippen LogP contribution in [0.2, 0.25) is 0 Å². The lowest BCUT2D eigenvalue weighted by Crippen LogP contribution is -2.41. The molecule has 0 atom stereocenters. The van der Waals surface area contributed by atoms with E-state index in [1.807, 2.05) is 4.98 Å². The highest BCUT2D eigenvalue weighted by Gasteiger charge is 2.16. The molecule has 0 saturated carbocycles. The van der Waals surface area contributed by atoms with Crippen LogP contribution in [0.25, 0.3) is 0 Å². The van der Waals surface area contributed by atoms with Gasteiger partial charge in [-0.3, -0.25) is 9.59 Å². The summed E-state index contributed by atoms with van der Waals surface area (Å²) in [6.07, 6.45) is 0.614. The summed E-state index contributed by atoms with van der Waals surface area (Å²) in [5.74, 6) is -1.60. The predicted octanol–water partition coefficient (Wildman–Crippen LogP) is 0.373. The smallest absolute Gasteiger partial charge is 0.335 e. The number of nitrogens with one attached hydrogen (secondary N) is 1. The molecule has 0 aliphatic carbocycles. The van der Waals surface area contributed by atoms with E-state index in [1.165, 1.54) is 31.4 Å². The Morgan fingerprint density at radius 3 is 2.47 bits per heavy atom. The summed E-state index contributed by atoms with van der Waals surface area (Å²) in [4.78, 5) is 36.8. The quantitative estimate of drug-likeness (QED) is 0.849. The lowest BCUT2D eigenvalue weighted by atomic mass is 10.2. The molecule has 0 aliphatic heterocycles. The number of carbonyl (C=O) groups is 1. The number of hydrogen-bond acceptors (Lipinski definition) is 4. The zero-order valence-electron chi connectivity index (χ0n) is 9.84. The van der Waals surface area contributed by atoms with Crippen molar-refractivity contribution in [2.75, 3.05) is 7.11 Å². The van der Waals surface area contributed by atoms with E-state index in [1.54, 1.807) is 0 Å². The summed E-state index contributed by atoms with van der Waals surface area (Å²) in [6.45, 7) is 0. The monoisotopic (exact) mass is 264 g/mol. The van der Waals surface area contributed by atoms with E-state index in [9.17, 15) is 18.8 Å². The summed E-state index contributed by atoms with van der Waals surface area (Å²) >= 11 is 0. The van der Waals surface area contributed by atoms with Gasteiger partial charge in [-0.05, 0) is 24.3 Å². The number of rotatable bonds is 2. The molecule has 0 unspecified atom stereocenters. The van der Waals surface area contributed by atoms with Crippen LogP contribution < -0.4 is 16.0 Å². The lowest BCUT2D eigenvalue weighted by molar-refractivity contribution is 0.0948. The lowest BCUT2D eigenvalue weighted by Gasteiger charge is -2.04. The van der Waals surface area contributed by atoms with Crippen molar-refractivity contribution in [3.63, 3.8) is 0 Å². The molecular weight excluding hydrogens is 255 g/mol. The molecule has 1 aromatic heterocycles. The minimum Gasteiger partial charge on any atom is -0.497 e. The van der Waals surface area contributed by atoms with Gasteiger partial charge in [-0.2, -0.15) is 8.96 Å². The zero-order chi connectivity index (χ0) is 14.0. The molecule has 1 aromatic carbocycles. The second-order valence-corrected chi connectivity index (χ2v) is 3.62. The Kier molecular flexibility index (Phi) is 3.28.